The lowest BCUT2D eigenvalue weighted by molar-refractivity contribution is 0.306. The van der Waals surface area contributed by atoms with E-state index in [1.54, 1.807) is 30.3 Å². The zero-order valence-electron chi connectivity index (χ0n) is 11.7. The largest absolute Gasteiger partial charge is 0.344 e. The van der Waals surface area contributed by atoms with Crippen LogP contribution in [0.2, 0.25) is 0 Å². The van der Waals surface area contributed by atoms with Gasteiger partial charge in [-0.25, -0.2) is 0 Å². The second kappa shape index (κ2) is 9.95. The van der Waals surface area contributed by atoms with Crippen LogP contribution in [0.4, 0.5) is 0 Å². The van der Waals surface area contributed by atoms with Crippen molar-refractivity contribution in [2.24, 2.45) is 0 Å². The summed E-state index contributed by atoms with van der Waals surface area (Å²) in [7, 11) is -3.56. The van der Waals surface area contributed by atoms with Crippen LogP contribution in [0, 0.1) is 0 Å². The first-order valence-electron chi connectivity index (χ1n) is 6.61. The van der Waals surface area contributed by atoms with Crippen molar-refractivity contribution >= 4 is 10.1 Å². The highest BCUT2D eigenvalue weighted by molar-refractivity contribution is 7.86. The first kappa shape index (κ1) is 18.1. The van der Waals surface area contributed by atoms with Crippen molar-refractivity contribution < 1.29 is 12.6 Å². The Morgan fingerprint density at radius 1 is 0.947 bits per heavy atom. The van der Waals surface area contributed by atoms with Gasteiger partial charge < -0.3 is 6.15 Å². The molecule has 3 N–H and O–H groups in total. The average Bonchev–Trinajstić information content (AvgIpc) is 2.39. The molecule has 19 heavy (non-hydrogen) atoms. The normalized spacial score (nSPS) is 11.0. The van der Waals surface area contributed by atoms with E-state index in [2.05, 4.69) is 6.92 Å². The standard InChI is InChI=1S/C14H22O3S.H3N/c1-2-3-4-5-6-10-13-17-18(15,16)14-11-8-7-9-12-14;/h7-9,11-12H,2-6,10,13H2,1H3;1H3. The van der Waals surface area contributed by atoms with Crippen molar-refractivity contribution in [1.29, 1.82) is 0 Å². The molecule has 0 aliphatic rings. The minimum absolute atomic E-state index is 0. The highest BCUT2D eigenvalue weighted by Crippen LogP contribution is 2.12. The quantitative estimate of drug-likeness (QED) is 0.551. The van der Waals surface area contributed by atoms with Crippen LogP contribution in [0.25, 0.3) is 0 Å². The van der Waals surface area contributed by atoms with Gasteiger partial charge in [-0.2, -0.15) is 8.42 Å². The molecule has 110 valence electrons. The van der Waals surface area contributed by atoms with Gasteiger partial charge in [-0.1, -0.05) is 57.2 Å². The predicted octanol–water partition coefficient (Wildman–Crippen LogP) is 3.91. The summed E-state index contributed by atoms with van der Waals surface area (Å²) in [5.41, 5.74) is 0. The monoisotopic (exact) mass is 287 g/mol. The third-order valence-corrected chi connectivity index (χ3v) is 4.09. The van der Waals surface area contributed by atoms with Crippen molar-refractivity contribution in [2.45, 2.75) is 50.3 Å². The molecule has 0 fully saturated rings. The summed E-state index contributed by atoms with van der Waals surface area (Å²) in [5, 5.41) is 0. The smallest absolute Gasteiger partial charge is 0.296 e. The Balaban J connectivity index is 0.00000324. The number of unbranched alkanes of at least 4 members (excludes halogenated alkanes) is 5. The summed E-state index contributed by atoms with van der Waals surface area (Å²) in [6, 6.07) is 8.28. The summed E-state index contributed by atoms with van der Waals surface area (Å²) >= 11 is 0. The number of rotatable bonds is 9. The van der Waals surface area contributed by atoms with Gasteiger partial charge in [0.25, 0.3) is 10.1 Å². The Morgan fingerprint density at radius 3 is 2.16 bits per heavy atom. The van der Waals surface area contributed by atoms with Crippen molar-refractivity contribution in [2.75, 3.05) is 6.61 Å². The summed E-state index contributed by atoms with van der Waals surface area (Å²) in [4.78, 5) is 0.232. The van der Waals surface area contributed by atoms with E-state index in [1.165, 1.54) is 19.3 Å². The summed E-state index contributed by atoms with van der Waals surface area (Å²) in [6.07, 6.45) is 6.69. The van der Waals surface area contributed by atoms with Gasteiger partial charge in [0.2, 0.25) is 0 Å². The van der Waals surface area contributed by atoms with Crippen LogP contribution >= 0.6 is 0 Å². The van der Waals surface area contributed by atoms with Crippen LogP contribution in [-0.4, -0.2) is 15.0 Å². The molecule has 4 nitrogen and oxygen atoms in total. The molecule has 0 radical (unpaired) electrons. The Kier molecular flexibility index (Phi) is 9.47. The zero-order chi connectivity index (χ0) is 13.3. The molecule has 0 spiro atoms. The van der Waals surface area contributed by atoms with E-state index in [9.17, 15) is 8.42 Å². The van der Waals surface area contributed by atoms with Gasteiger partial charge in [-0.15, -0.1) is 0 Å². The molecule has 0 unspecified atom stereocenters. The lowest BCUT2D eigenvalue weighted by Gasteiger charge is -2.05. The Bertz CT molecular complexity index is 418. The maximum atomic E-state index is 11.7. The van der Waals surface area contributed by atoms with Crippen LogP contribution in [-0.2, 0) is 14.3 Å². The van der Waals surface area contributed by atoms with Gasteiger partial charge in [0, 0.05) is 0 Å². The molecule has 1 rings (SSSR count). The fourth-order valence-electron chi connectivity index (χ4n) is 1.71. The maximum absolute atomic E-state index is 11.7. The van der Waals surface area contributed by atoms with Crippen LogP contribution < -0.4 is 6.15 Å². The van der Waals surface area contributed by atoms with E-state index >= 15 is 0 Å². The average molecular weight is 287 g/mol. The zero-order valence-corrected chi connectivity index (χ0v) is 12.5. The van der Waals surface area contributed by atoms with Crippen molar-refractivity contribution in [3.05, 3.63) is 30.3 Å². The highest BCUT2D eigenvalue weighted by Gasteiger charge is 2.13. The topological polar surface area (TPSA) is 78.4 Å². The third-order valence-electron chi connectivity index (χ3n) is 2.77. The molecule has 0 aliphatic heterocycles. The van der Waals surface area contributed by atoms with Crippen molar-refractivity contribution in [3.8, 4) is 0 Å². The van der Waals surface area contributed by atoms with Crippen molar-refractivity contribution in [3.63, 3.8) is 0 Å². The van der Waals surface area contributed by atoms with Crippen molar-refractivity contribution in [1.82, 2.24) is 6.15 Å². The molecule has 1 aromatic rings. The highest BCUT2D eigenvalue weighted by atomic mass is 32.2. The van der Waals surface area contributed by atoms with Gasteiger partial charge in [-0.05, 0) is 18.6 Å². The van der Waals surface area contributed by atoms with E-state index in [1.807, 2.05) is 0 Å². The number of hydrogen-bond donors (Lipinski definition) is 1. The van der Waals surface area contributed by atoms with E-state index < -0.39 is 10.1 Å². The molecule has 0 aromatic heterocycles. The molecule has 1 aromatic carbocycles. The molecule has 5 heteroatoms. The minimum atomic E-state index is -3.56. The fourth-order valence-corrected chi connectivity index (χ4v) is 2.67. The Labute approximate surface area is 116 Å². The van der Waals surface area contributed by atoms with Gasteiger partial charge in [-0.3, -0.25) is 4.18 Å². The van der Waals surface area contributed by atoms with Gasteiger partial charge >= 0.3 is 0 Å². The second-order valence-corrected chi connectivity index (χ2v) is 5.97. The lowest BCUT2D eigenvalue weighted by Crippen LogP contribution is -2.07. The molecule has 0 heterocycles. The SMILES string of the molecule is CCCCCCCCOS(=O)(=O)c1ccccc1.N. The molecule has 0 aliphatic carbocycles. The third kappa shape index (κ3) is 7.30. The Morgan fingerprint density at radius 2 is 1.53 bits per heavy atom. The maximum Gasteiger partial charge on any atom is 0.296 e. The summed E-state index contributed by atoms with van der Waals surface area (Å²) < 4.78 is 28.5. The molecule has 0 atom stereocenters. The molecule has 0 amide bonds. The first-order chi connectivity index (χ1) is 8.67. The Hall–Kier alpha value is -0.910. The van der Waals surface area contributed by atoms with Gasteiger partial charge in [0.15, 0.2) is 0 Å². The van der Waals surface area contributed by atoms with E-state index in [4.69, 9.17) is 4.18 Å². The molecule has 0 saturated heterocycles. The summed E-state index contributed by atoms with van der Waals surface area (Å²) in [6.45, 7) is 2.46. The first-order valence-corrected chi connectivity index (χ1v) is 8.02. The van der Waals surface area contributed by atoms with Crippen LogP contribution in [0.3, 0.4) is 0 Å². The summed E-state index contributed by atoms with van der Waals surface area (Å²) in [5.74, 6) is 0. The molecular formula is C14H25NO3S. The number of hydrogen-bond acceptors (Lipinski definition) is 4. The lowest BCUT2D eigenvalue weighted by atomic mass is 10.1. The molecule has 0 bridgehead atoms. The van der Waals surface area contributed by atoms with E-state index in [0.717, 1.165) is 19.3 Å². The molecule has 0 saturated carbocycles. The molecular weight excluding hydrogens is 262 g/mol. The fraction of sp³-hybridized carbons (Fsp3) is 0.571. The van der Waals surface area contributed by atoms with Gasteiger partial charge in [0.1, 0.15) is 0 Å². The van der Waals surface area contributed by atoms with E-state index in [0.29, 0.717) is 0 Å². The van der Waals surface area contributed by atoms with Crippen LogP contribution in [0.15, 0.2) is 35.2 Å². The van der Waals surface area contributed by atoms with Crippen LogP contribution in [0.5, 0.6) is 0 Å². The number of benzene rings is 1. The van der Waals surface area contributed by atoms with Gasteiger partial charge in [0.05, 0.1) is 11.5 Å². The predicted molar refractivity (Wildman–Crippen MR) is 78.0 cm³/mol. The minimum Gasteiger partial charge on any atom is -0.344 e. The second-order valence-electron chi connectivity index (χ2n) is 4.36. The van der Waals surface area contributed by atoms with Crippen LogP contribution in [0.1, 0.15) is 45.4 Å². The van der Waals surface area contributed by atoms with E-state index in [-0.39, 0.29) is 17.7 Å².